The van der Waals surface area contributed by atoms with E-state index in [4.69, 9.17) is 9.47 Å². The second-order valence-electron chi connectivity index (χ2n) is 7.73. The van der Waals surface area contributed by atoms with Crippen LogP contribution in [0.3, 0.4) is 0 Å². The molecule has 5 rings (SSSR count). The third-order valence-electron chi connectivity index (χ3n) is 5.52. The van der Waals surface area contributed by atoms with Crippen LogP contribution in [0.5, 0.6) is 5.88 Å². The van der Waals surface area contributed by atoms with Gasteiger partial charge in [0.05, 0.1) is 12.6 Å². The van der Waals surface area contributed by atoms with Crippen molar-refractivity contribution in [2.24, 2.45) is 7.05 Å². The Morgan fingerprint density at radius 2 is 2.17 bits per heavy atom. The Morgan fingerprint density at radius 1 is 1.28 bits per heavy atom. The molecule has 1 saturated heterocycles. The number of nitrogens with zero attached hydrogens (tertiary/aromatic N) is 5. The first-order valence-corrected chi connectivity index (χ1v) is 10.1. The van der Waals surface area contributed by atoms with Gasteiger partial charge in [0, 0.05) is 37.5 Å². The lowest BCUT2D eigenvalue weighted by Gasteiger charge is -2.26. The first-order valence-electron chi connectivity index (χ1n) is 10.1. The van der Waals surface area contributed by atoms with E-state index in [0.717, 1.165) is 44.1 Å². The molecule has 29 heavy (non-hydrogen) atoms. The van der Waals surface area contributed by atoms with Crippen molar-refractivity contribution >= 4 is 22.8 Å². The van der Waals surface area contributed by atoms with Crippen LogP contribution in [-0.2, 0) is 11.8 Å². The lowest BCUT2D eigenvalue weighted by molar-refractivity contribution is 0.0551. The Hall–Kier alpha value is -2.94. The number of carbonyl (C=O) groups is 1. The van der Waals surface area contributed by atoms with Gasteiger partial charge in [-0.15, -0.1) is 0 Å². The molecule has 1 N–H and O–H groups in total. The number of hydrogen-bond donors (Lipinski definition) is 1. The van der Waals surface area contributed by atoms with Gasteiger partial charge in [-0.1, -0.05) is 0 Å². The van der Waals surface area contributed by atoms with E-state index >= 15 is 0 Å². The van der Waals surface area contributed by atoms with Gasteiger partial charge in [0.15, 0.2) is 11.5 Å². The minimum atomic E-state index is -0.291. The number of rotatable bonds is 5. The number of aromatic nitrogens is 5. The number of amides is 1. The maximum atomic E-state index is 13.0. The second kappa shape index (κ2) is 7.47. The van der Waals surface area contributed by atoms with E-state index in [9.17, 15) is 4.79 Å². The highest BCUT2D eigenvalue weighted by Crippen LogP contribution is 2.30. The number of aryl methyl sites for hydroxylation is 1. The molecule has 0 bridgehead atoms. The second-order valence-corrected chi connectivity index (χ2v) is 7.73. The number of ether oxygens (including phenoxy) is 2. The molecule has 9 nitrogen and oxygen atoms in total. The van der Waals surface area contributed by atoms with Gasteiger partial charge in [-0.3, -0.25) is 14.2 Å². The van der Waals surface area contributed by atoms with Crippen molar-refractivity contribution in [3.8, 4) is 5.88 Å². The molecule has 0 unspecified atom stereocenters. The summed E-state index contributed by atoms with van der Waals surface area (Å²) in [5.74, 6) is 0.532. The fourth-order valence-electron chi connectivity index (χ4n) is 3.64. The molecule has 9 heteroatoms. The number of anilines is 1. The summed E-state index contributed by atoms with van der Waals surface area (Å²) in [6, 6.07) is 3.75. The molecule has 3 aromatic heterocycles. The van der Waals surface area contributed by atoms with Crippen molar-refractivity contribution in [1.82, 2.24) is 24.5 Å². The van der Waals surface area contributed by atoms with Crippen molar-refractivity contribution in [1.29, 1.82) is 0 Å². The Kier molecular flexibility index (Phi) is 4.67. The van der Waals surface area contributed by atoms with Gasteiger partial charge in [0.2, 0.25) is 5.88 Å². The van der Waals surface area contributed by atoms with Crippen molar-refractivity contribution in [2.45, 2.75) is 44.2 Å². The number of nitrogens with one attached hydrogen (secondary N) is 1. The molecule has 1 aliphatic carbocycles. The Bertz CT molecular complexity index is 1030. The largest absolute Gasteiger partial charge is 0.474 e. The molecule has 1 amide bonds. The lowest BCUT2D eigenvalue weighted by Crippen LogP contribution is -2.26. The predicted octanol–water partition coefficient (Wildman–Crippen LogP) is 2.70. The van der Waals surface area contributed by atoms with E-state index in [0.29, 0.717) is 29.5 Å². The zero-order valence-electron chi connectivity index (χ0n) is 16.4. The van der Waals surface area contributed by atoms with Gasteiger partial charge in [0.25, 0.3) is 5.91 Å². The first-order chi connectivity index (χ1) is 14.2. The molecular formula is C20H24N6O3. The minimum absolute atomic E-state index is 0.107. The molecule has 0 spiro atoms. The Balaban J connectivity index is 1.48. The Labute approximate surface area is 168 Å². The summed E-state index contributed by atoms with van der Waals surface area (Å²) in [5.41, 5.74) is 0.980. The Morgan fingerprint density at radius 3 is 2.86 bits per heavy atom. The van der Waals surface area contributed by atoms with E-state index in [1.165, 1.54) is 0 Å². The van der Waals surface area contributed by atoms with Gasteiger partial charge < -0.3 is 14.8 Å². The molecule has 2 fully saturated rings. The molecule has 1 aliphatic heterocycles. The molecule has 0 radical (unpaired) electrons. The van der Waals surface area contributed by atoms with E-state index in [1.54, 1.807) is 24.0 Å². The summed E-state index contributed by atoms with van der Waals surface area (Å²) in [6.45, 7) is 1.44. The summed E-state index contributed by atoms with van der Waals surface area (Å²) < 4.78 is 15.2. The van der Waals surface area contributed by atoms with Crippen LogP contribution in [0.2, 0.25) is 0 Å². The van der Waals surface area contributed by atoms with Gasteiger partial charge in [-0.2, -0.15) is 15.2 Å². The fraction of sp³-hybridized carbons (Fsp3) is 0.500. The monoisotopic (exact) mass is 396 g/mol. The highest BCUT2D eigenvalue weighted by molar-refractivity contribution is 6.07. The van der Waals surface area contributed by atoms with Gasteiger partial charge in [0.1, 0.15) is 11.7 Å². The number of carbonyl (C=O) groups excluding carboxylic acids is 1. The summed E-state index contributed by atoms with van der Waals surface area (Å²) in [6.07, 6.45) is 8.96. The normalized spacial score (nSPS) is 19.8. The fourth-order valence-corrected chi connectivity index (χ4v) is 3.64. The molecule has 2 aliphatic rings. The zero-order chi connectivity index (χ0) is 19.8. The average Bonchev–Trinajstić information content (AvgIpc) is 3.30. The van der Waals surface area contributed by atoms with Gasteiger partial charge >= 0.3 is 0 Å². The summed E-state index contributed by atoms with van der Waals surface area (Å²) >= 11 is 0. The van der Waals surface area contributed by atoms with Crippen LogP contribution in [0.25, 0.3) is 11.0 Å². The van der Waals surface area contributed by atoms with Crippen molar-refractivity contribution < 1.29 is 14.3 Å². The van der Waals surface area contributed by atoms with Crippen LogP contribution in [0.1, 0.15) is 48.5 Å². The average molecular weight is 396 g/mol. The minimum Gasteiger partial charge on any atom is -0.474 e. The smallest absolute Gasteiger partial charge is 0.262 e. The molecular weight excluding hydrogens is 372 g/mol. The van der Waals surface area contributed by atoms with Gasteiger partial charge in [-0.25, -0.2) is 0 Å². The molecule has 3 aromatic rings. The highest BCUT2D eigenvalue weighted by atomic mass is 16.5. The van der Waals surface area contributed by atoms with Crippen LogP contribution >= 0.6 is 0 Å². The van der Waals surface area contributed by atoms with Crippen molar-refractivity contribution in [3.63, 3.8) is 0 Å². The predicted molar refractivity (Wildman–Crippen MR) is 106 cm³/mol. The van der Waals surface area contributed by atoms with Crippen LogP contribution in [0.4, 0.5) is 5.82 Å². The highest BCUT2D eigenvalue weighted by Gasteiger charge is 2.25. The van der Waals surface area contributed by atoms with Crippen LogP contribution in [-0.4, -0.2) is 49.8 Å². The third kappa shape index (κ3) is 3.69. The molecule has 1 saturated carbocycles. The number of fused-ring (bicyclic) bond motifs is 1. The van der Waals surface area contributed by atoms with Crippen LogP contribution < -0.4 is 10.1 Å². The quantitative estimate of drug-likeness (QED) is 0.712. The van der Waals surface area contributed by atoms with E-state index in [2.05, 4.69) is 20.5 Å². The van der Waals surface area contributed by atoms with Gasteiger partial charge in [-0.05, 0) is 38.2 Å². The summed E-state index contributed by atoms with van der Waals surface area (Å²) in [7, 11) is 1.80. The molecule has 1 atom stereocenters. The zero-order valence-corrected chi connectivity index (χ0v) is 16.4. The maximum absolute atomic E-state index is 13.0. The van der Waals surface area contributed by atoms with Crippen LogP contribution in [0.15, 0.2) is 24.5 Å². The lowest BCUT2D eigenvalue weighted by atomic mass is 9.96. The topological polar surface area (TPSA) is 96.1 Å². The van der Waals surface area contributed by atoms with Crippen molar-refractivity contribution in [2.75, 3.05) is 18.5 Å². The molecule has 0 aromatic carbocycles. The van der Waals surface area contributed by atoms with Crippen molar-refractivity contribution in [3.05, 3.63) is 30.1 Å². The summed E-state index contributed by atoms with van der Waals surface area (Å²) in [5, 5.41) is 12.5. The van der Waals surface area contributed by atoms with E-state index in [1.807, 2.05) is 16.9 Å². The maximum Gasteiger partial charge on any atom is 0.262 e. The molecule has 4 heterocycles. The first kappa shape index (κ1) is 18.1. The third-order valence-corrected chi connectivity index (χ3v) is 5.52. The number of hydrogen-bond acceptors (Lipinski definition) is 6. The van der Waals surface area contributed by atoms with E-state index < -0.39 is 0 Å². The SMILES string of the molecule is Cn1ccc(NC(=O)c2cc3cn([C@H]4CCCOC4)nc3nc2OC2CCC2)n1. The standard InChI is InChI=1S/C20H24N6O3/c1-25-8-7-17(23-25)21-19(27)16-10-13-11-26(14-4-3-9-28-12-14)24-18(13)22-20(16)29-15-5-2-6-15/h7-8,10-11,14-15H,2-6,9,12H2,1H3,(H,21,23,27)/t14-/m0/s1. The van der Waals surface area contributed by atoms with Crippen LogP contribution in [0, 0.1) is 0 Å². The van der Waals surface area contributed by atoms with E-state index in [-0.39, 0.29) is 18.1 Å². The summed E-state index contributed by atoms with van der Waals surface area (Å²) in [4.78, 5) is 17.6. The number of pyridine rings is 1. The molecule has 152 valence electrons.